The van der Waals surface area contributed by atoms with E-state index in [9.17, 15) is 14.9 Å². The van der Waals surface area contributed by atoms with Gasteiger partial charge in [0, 0.05) is 31.8 Å². The van der Waals surface area contributed by atoms with Crippen molar-refractivity contribution in [1.29, 1.82) is 5.26 Å². The summed E-state index contributed by atoms with van der Waals surface area (Å²) >= 11 is 0. The number of allylic oxidation sites excluding steroid dienone is 3. The number of carbonyl (C=O) groups is 2. The lowest BCUT2D eigenvalue weighted by molar-refractivity contribution is -0.118. The van der Waals surface area contributed by atoms with Gasteiger partial charge in [-0.2, -0.15) is 10.3 Å². The number of carbonyl (C=O) groups excluding carboxylic acids is 2. The minimum atomic E-state index is -0.772. The summed E-state index contributed by atoms with van der Waals surface area (Å²) in [5, 5.41) is 12.6. The molecule has 0 bridgehead atoms. The van der Waals surface area contributed by atoms with Gasteiger partial charge in [0.05, 0.1) is 23.6 Å². The molecule has 1 aliphatic carbocycles. The van der Waals surface area contributed by atoms with Gasteiger partial charge in [0.2, 0.25) is 0 Å². The Morgan fingerprint density at radius 1 is 1.28 bits per heavy atom. The van der Waals surface area contributed by atoms with Crippen LogP contribution in [-0.2, 0) is 9.59 Å². The van der Waals surface area contributed by atoms with E-state index in [1.54, 1.807) is 0 Å². The summed E-state index contributed by atoms with van der Waals surface area (Å²) in [4.78, 5) is 29.9. The van der Waals surface area contributed by atoms with Gasteiger partial charge in [0.15, 0.2) is 0 Å². The Balaban J connectivity index is 2.03. The van der Waals surface area contributed by atoms with Gasteiger partial charge in [-0.1, -0.05) is 30.4 Å². The SMILES string of the molecule is C=C(/C=C\C(C)=C/C)CN1CCC(CC#N)(N/C=C(/C(N)=O)C(N)=NC(=O)C2CC2)CC1. The molecule has 0 aromatic carbocycles. The Morgan fingerprint density at radius 3 is 2.47 bits per heavy atom. The van der Waals surface area contributed by atoms with Crippen molar-refractivity contribution in [3.8, 4) is 6.07 Å². The first kappa shape index (κ1) is 25.1. The lowest BCUT2D eigenvalue weighted by Gasteiger charge is -2.41. The van der Waals surface area contributed by atoms with E-state index in [0.717, 1.165) is 38.0 Å². The van der Waals surface area contributed by atoms with Gasteiger partial charge in [-0.15, -0.1) is 0 Å². The van der Waals surface area contributed by atoms with Crippen LogP contribution in [0.15, 0.2) is 52.7 Å². The number of piperidine rings is 1. The molecule has 0 aromatic heterocycles. The Labute approximate surface area is 190 Å². The lowest BCUT2D eigenvalue weighted by atomic mass is 9.84. The van der Waals surface area contributed by atoms with Crippen LogP contribution in [0.3, 0.4) is 0 Å². The fraction of sp³-hybridized carbons (Fsp3) is 0.500. The van der Waals surface area contributed by atoms with Crippen LogP contribution in [0.2, 0.25) is 0 Å². The van der Waals surface area contributed by atoms with Gasteiger partial charge >= 0.3 is 0 Å². The highest BCUT2D eigenvalue weighted by molar-refractivity contribution is 6.21. The van der Waals surface area contributed by atoms with Crippen LogP contribution in [0.1, 0.15) is 46.0 Å². The van der Waals surface area contributed by atoms with Crippen LogP contribution in [0.5, 0.6) is 0 Å². The smallest absolute Gasteiger partial charge is 0.253 e. The highest BCUT2D eigenvalue weighted by atomic mass is 16.2. The van der Waals surface area contributed by atoms with Gasteiger partial charge in [0.25, 0.3) is 11.8 Å². The molecule has 172 valence electrons. The third-order valence-electron chi connectivity index (χ3n) is 5.92. The fourth-order valence-electron chi connectivity index (χ4n) is 3.45. The number of amides is 2. The summed E-state index contributed by atoms with van der Waals surface area (Å²) in [6.07, 6.45) is 10.8. The van der Waals surface area contributed by atoms with Crippen molar-refractivity contribution in [2.45, 2.75) is 51.5 Å². The third kappa shape index (κ3) is 7.50. The van der Waals surface area contributed by atoms with Crippen molar-refractivity contribution >= 4 is 17.6 Å². The fourth-order valence-corrected chi connectivity index (χ4v) is 3.45. The summed E-state index contributed by atoms with van der Waals surface area (Å²) < 4.78 is 0. The maximum Gasteiger partial charge on any atom is 0.253 e. The second-order valence-corrected chi connectivity index (χ2v) is 8.59. The van der Waals surface area contributed by atoms with E-state index in [1.165, 1.54) is 11.8 Å². The van der Waals surface area contributed by atoms with Crippen LogP contribution in [0, 0.1) is 17.2 Å². The molecule has 2 fully saturated rings. The Kier molecular flexibility index (Phi) is 8.97. The zero-order chi connectivity index (χ0) is 23.7. The van der Waals surface area contributed by atoms with Crippen molar-refractivity contribution in [2.75, 3.05) is 19.6 Å². The summed E-state index contributed by atoms with van der Waals surface area (Å²) in [6, 6.07) is 2.23. The number of nitrogens with one attached hydrogen (secondary N) is 1. The predicted octanol–water partition coefficient (Wildman–Crippen LogP) is 2.07. The number of primary amides is 1. The van der Waals surface area contributed by atoms with Gasteiger partial charge in [-0.3, -0.25) is 14.5 Å². The van der Waals surface area contributed by atoms with Gasteiger partial charge in [-0.05, 0) is 45.1 Å². The normalized spacial score (nSPS) is 20.1. The predicted molar refractivity (Wildman–Crippen MR) is 126 cm³/mol. The number of likely N-dealkylation sites (tertiary alicyclic amines) is 1. The molecule has 2 amide bonds. The van der Waals surface area contributed by atoms with Crippen molar-refractivity contribution in [1.82, 2.24) is 10.2 Å². The molecule has 1 saturated heterocycles. The highest BCUT2D eigenvalue weighted by Crippen LogP contribution is 2.30. The molecule has 32 heavy (non-hydrogen) atoms. The number of nitrogens with two attached hydrogens (primary N) is 2. The minimum Gasteiger partial charge on any atom is -0.384 e. The summed E-state index contributed by atoms with van der Waals surface area (Å²) in [5.74, 6) is -1.39. The van der Waals surface area contributed by atoms with Crippen LogP contribution in [0.25, 0.3) is 0 Å². The summed E-state index contributed by atoms with van der Waals surface area (Å²) in [6.45, 7) is 10.5. The molecule has 0 radical (unpaired) electrons. The molecule has 2 aliphatic rings. The molecular weight excluding hydrogens is 404 g/mol. The van der Waals surface area contributed by atoms with E-state index in [1.807, 2.05) is 32.1 Å². The molecule has 0 aromatic rings. The minimum absolute atomic E-state index is 0.0448. The number of hydrogen-bond donors (Lipinski definition) is 3. The van der Waals surface area contributed by atoms with Gasteiger partial charge < -0.3 is 16.8 Å². The van der Waals surface area contributed by atoms with Crippen LogP contribution in [-0.4, -0.2) is 47.7 Å². The third-order valence-corrected chi connectivity index (χ3v) is 5.92. The average molecular weight is 439 g/mol. The standard InChI is InChI=1S/C24H34N6O2/c1-4-17(2)5-6-18(3)16-30-13-10-24(9-12-25,11-14-30)28-15-20(22(27)31)21(26)29-23(32)19-7-8-19/h4-6,15,19,28H,3,7-11,13-14,16H2,1-2H3,(H2,27,31)(H2,26,29,32)/b6-5-,17-4-,20-15+. The van der Waals surface area contributed by atoms with E-state index in [-0.39, 0.29) is 29.7 Å². The largest absolute Gasteiger partial charge is 0.384 e. The van der Waals surface area contributed by atoms with Crippen LogP contribution in [0.4, 0.5) is 0 Å². The molecule has 0 spiro atoms. The van der Waals surface area contributed by atoms with E-state index in [0.29, 0.717) is 12.8 Å². The number of hydrogen-bond acceptors (Lipinski definition) is 5. The maximum atomic E-state index is 11.9. The average Bonchev–Trinajstić information content (AvgIpc) is 3.59. The van der Waals surface area contributed by atoms with Crippen LogP contribution >= 0.6 is 0 Å². The molecule has 0 unspecified atom stereocenters. The summed E-state index contributed by atoms with van der Waals surface area (Å²) in [5.41, 5.74) is 13.0. The van der Waals surface area contributed by atoms with Crippen molar-refractivity contribution < 1.29 is 9.59 Å². The molecule has 1 saturated carbocycles. The molecule has 1 heterocycles. The first-order valence-electron chi connectivity index (χ1n) is 10.9. The molecule has 2 rings (SSSR count). The lowest BCUT2D eigenvalue weighted by Crippen LogP contribution is -2.52. The monoisotopic (exact) mass is 438 g/mol. The van der Waals surface area contributed by atoms with Gasteiger partial charge in [0.1, 0.15) is 5.84 Å². The number of aliphatic imine (C=N–C) groups is 1. The number of nitriles is 1. The second kappa shape index (κ2) is 11.4. The number of nitrogens with zero attached hydrogens (tertiary/aromatic N) is 3. The topological polar surface area (TPSA) is 138 Å². The number of rotatable bonds is 10. The first-order chi connectivity index (χ1) is 15.2. The molecule has 5 N–H and O–H groups in total. The molecule has 8 heteroatoms. The second-order valence-electron chi connectivity index (χ2n) is 8.59. The van der Waals surface area contributed by atoms with E-state index < -0.39 is 11.4 Å². The van der Waals surface area contributed by atoms with E-state index in [4.69, 9.17) is 11.5 Å². The molecule has 0 atom stereocenters. The van der Waals surface area contributed by atoms with E-state index >= 15 is 0 Å². The Bertz CT molecular complexity index is 894. The number of amidine groups is 1. The van der Waals surface area contributed by atoms with Crippen molar-refractivity contribution in [2.24, 2.45) is 22.4 Å². The molecular formula is C24H34N6O2. The Hall–Kier alpha value is -3.18. The summed E-state index contributed by atoms with van der Waals surface area (Å²) in [7, 11) is 0. The van der Waals surface area contributed by atoms with Crippen LogP contribution < -0.4 is 16.8 Å². The first-order valence-corrected chi connectivity index (χ1v) is 10.9. The quantitative estimate of drug-likeness (QED) is 0.207. The van der Waals surface area contributed by atoms with E-state index in [2.05, 4.69) is 27.9 Å². The molecule has 1 aliphatic heterocycles. The zero-order valence-electron chi connectivity index (χ0n) is 19.1. The Morgan fingerprint density at radius 2 is 1.94 bits per heavy atom. The highest BCUT2D eigenvalue weighted by Gasteiger charge is 2.34. The molecule has 8 nitrogen and oxygen atoms in total. The maximum absolute atomic E-state index is 11.9. The van der Waals surface area contributed by atoms with Gasteiger partial charge in [-0.25, -0.2) is 0 Å². The van der Waals surface area contributed by atoms with Crippen molar-refractivity contribution in [3.05, 3.63) is 47.7 Å². The van der Waals surface area contributed by atoms with Crippen molar-refractivity contribution in [3.63, 3.8) is 0 Å². The zero-order valence-corrected chi connectivity index (χ0v) is 19.1.